The van der Waals surface area contributed by atoms with Gasteiger partial charge in [0.05, 0.1) is 6.10 Å². The van der Waals surface area contributed by atoms with Gasteiger partial charge in [0, 0.05) is 69.1 Å². The van der Waals surface area contributed by atoms with Crippen molar-refractivity contribution < 1.29 is 9.90 Å². The standard InChI is InChI=1S/C23H31N3O2S/c1-24(20-8-4-2-5-9-20)23(28)12-13-25-14-16-26(17-15-25)18-21(27)19-29-22-10-6-3-7-11-22/h2-11,21,27H,12-19H2,1H3. The lowest BCUT2D eigenvalue weighted by molar-refractivity contribution is -0.118. The Labute approximate surface area is 178 Å². The summed E-state index contributed by atoms with van der Waals surface area (Å²) in [4.78, 5) is 20.0. The van der Waals surface area contributed by atoms with Crippen molar-refractivity contribution in [3.8, 4) is 0 Å². The molecular weight excluding hydrogens is 382 g/mol. The van der Waals surface area contributed by atoms with Gasteiger partial charge in [-0.15, -0.1) is 11.8 Å². The number of nitrogens with zero attached hydrogens (tertiary/aromatic N) is 3. The van der Waals surface area contributed by atoms with E-state index in [0.717, 1.165) is 38.4 Å². The van der Waals surface area contributed by atoms with E-state index >= 15 is 0 Å². The monoisotopic (exact) mass is 413 g/mol. The first-order chi connectivity index (χ1) is 14.1. The van der Waals surface area contributed by atoms with Gasteiger partial charge in [-0.1, -0.05) is 36.4 Å². The molecule has 0 aromatic heterocycles. The fourth-order valence-corrected chi connectivity index (χ4v) is 4.31. The summed E-state index contributed by atoms with van der Waals surface area (Å²) < 4.78 is 0. The van der Waals surface area contributed by atoms with Crippen LogP contribution in [0, 0.1) is 0 Å². The molecule has 0 aliphatic carbocycles. The van der Waals surface area contributed by atoms with Gasteiger partial charge in [0.25, 0.3) is 0 Å². The molecule has 6 heteroatoms. The highest BCUT2D eigenvalue weighted by molar-refractivity contribution is 7.99. The predicted molar refractivity (Wildman–Crippen MR) is 121 cm³/mol. The molecule has 156 valence electrons. The van der Waals surface area contributed by atoms with Crippen molar-refractivity contribution >= 4 is 23.4 Å². The van der Waals surface area contributed by atoms with E-state index < -0.39 is 0 Å². The molecule has 1 unspecified atom stereocenters. The topological polar surface area (TPSA) is 47.0 Å². The highest BCUT2D eigenvalue weighted by atomic mass is 32.2. The lowest BCUT2D eigenvalue weighted by Gasteiger charge is -2.35. The third-order valence-electron chi connectivity index (χ3n) is 5.28. The summed E-state index contributed by atoms with van der Waals surface area (Å²) >= 11 is 1.70. The summed E-state index contributed by atoms with van der Waals surface area (Å²) in [6.07, 6.45) is 0.203. The Balaban J connectivity index is 1.32. The van der Waals surface area contributed by atoms with Crippen LogP contribution in [0.4, 0.5) is 5.69 Å². The number of anilines is 1. The van der Waals surface area contributed by atoms with Crippen LogP contribution in [-0.4, -0.2) is 79.0 Å². The van der Waals surface area contributed by atoms with Crippen LogP contribution in [-0.2, 0) is 4.79 Å². The SMILES string of the molecule is CN(C(=O)CCN1CCN(CC(O)CSc2ccccc2)CC1)c1ccccc1. The maximum atomic E-state index is 12.4. The minimum Gasteiger partial charge on any atom is -0.391 e. The quantitative estimate of drug-likeness (QED) is 0.641. The van der Waals surface area contributed by atoms with Gasteiger partial charge in [-0.3, -0.25) is 9.69 Å². The van der Waals surface area contributed by atoms with Crippen molar-refractivity contribution in [2.24, 2.45) is 0 Å². The van der Waals surface area contributed by atoms with E-state index in [9.17, 15) is 9.90 Å². The molecule has 1 amide bonds. The first-order valence-corrected chi connectivity index (χ1v) is 11.2. The van der Waals surface area contributed by atoms with Gasteiger partial charge in [0.15, 0.2) is 0 Å². The molecular formula is C23H31N3O2S. The van der Waals surface area contributed by atoms with Crippen LogP contribution in [0.2, 0.25) is 0 Å². The number of carbonyl (C=O) groups is 1. The lowest BCUT2D eigenvalue weighted by atomic mass is 10.2. The van der Waals surface area contributed by atoms with Crippen LogP contribution in [0.3, 0.4) is 0 Å². The number of β-amino-alcohol motifs (C(OH)–C–C–N with tert-alkyl or cyclic N) is 1. The maximum Gasteiger partial charge on any atom is 0.228 e. The molecule has 0 bridgehead atoms. The Kier molecular flexibility index (Phi) is 8.55. The van der Waals surface area contributed by atoms with E-state index in [-0.39, 0.29) is 12.0 Å². The molecule has 1 aliphatic rings. The Morgan fingerprint density at radius 1 is 1.00 bits per heavy atom. The summed E-state index contributed by atoms with van der Waals surface area (Å²) in [7, 11) is 1.84. The zero-order valence-electron chi connectivity index (χ0n) is 17.1. The van der Waals surface area contributed by atoms with Crippen LogP contribution in [0.1, 0.15) is 6.42 Å². The number of para-hydroxylation sites is 1. The predicted octanol–water partition coefficient (Wildman–Crippen LogP) is 2.81. The zero-order chi connectivity index (χ0) is 20.5. The van der Waals surface area contributed by atoms with Gasteiger partial charge in [-0.25, -0.2) is 0 Å². The number of aliphatic hydroxyl groups is 1. The van der Waals surface area contributed by atoms with E-state index in [1.54, 1.807) is 16.7 Å². The largest absolute Gasteiger partial charge is 0.391 e. The second kappa shape index (κ2) is 11.4. The van der Waals surface area contributed by atoms with Crippen LogP contribution in [0.15, 0.2) is 65.6 Å². The van der Waals surface area contributed by atoms with E-state index in [0.29, 0.717) is 18.7 Å². The summed E-state index contributed by atoms with van der Waals surface area (Å²) in [6.45, 7) is 5.27. The van der Waals surface area contributed by atoms with E-state index in [1.165, 1.54) is 4.90 Å². The molecule has 3 rings (SSSR count). The molecule has 1 N–H and O–H groups in total. The van der Waals surface area contributed by atoms with Gasteiger partial charge in [0.1, 0.15) is 0 Å². The summed E-state index contributed by atoms with van der Waals surface area (Å²) in [5.41, 5.74) is 0.935. The average molecular weight is 414 g/mol. The molecule has 1 saturated heterocycles. The highest BCUT2D eigenvalue weighted by Crippen LogP contribution is 2.18. The number of carbonyl (C=O) groups excluding carboxylic acids is 1. The first-order valence-electron chi connectivity index (χ1n) is 10.2. The number of aliphatic hydroxyl groups excluding tert-OH is 1. The van der Waals surface area contributed by atoms with Crippen molar-refractivity contribution in [1.29, 1.82) is 0 Å². The van der Waals surface area contributed by atoms with Crippen molar-refractivity contribution in [2.45, 2.75) is 17.4 Å². The zero-order valence-corrected chi connectivity index (χ0v) is 17.9. The van der Waals surface area contributed by atoms with Crippen molar-refractivity contribution in [2.75, 3.05) is 57.0 Å². The van der Waals surface area contributed by atoms with Gasteiger partial charge < -0.3 is 14.9 Å². The summed E-state index contributed by atoms with van der Waals surface area (Å²) in [5, 5.41) is 10.3. The number of amides is 1. The second-order valence-electron chi connectivity index (χ2n) is 7.46. The molecule has 0 spiro atoms. The number of thioether (sulfide) groups is 1. The number of hydrogen-bond acceptors (Lipinski definition) is 5. The Morgan fingerprint density at radius 3 is 2.24 bits per heavy atom. The van der Waals surface area contributed by atoms with Gasteiger partial charge in [0.2, 0.25) is 5.91 Å². The molecule has 0 radical (unpaired) electrons. The smallest absolute Gasteiger partial charge is 0.228 e. The second-order valence-corrected chi connectivity index (χ2v) is 8.55. The van der Waals surface area contributed by atoms with Crippen LogP contribution >= 0.6 is 11.8 Å². The Hall–Kier alpha value is -1.86. The third kappa shape index (κ3) is 7.16. The van der Waals surface area contributed by atoms with Crippen molar-refractivity contribution in [3.05, 3.63) is 60.7 Å². The van der Waals surface area contributed by atoms with E-state index in [2.05, 4.69) is 21.9 Å². The number of hydrogen-bond donors (Lipinski definition) is 1. The van der Waals surface area contributed by atoms with Crippen LogP contribution in [0.5, 0.6) is 0 Å². The summed E-state index contributed by atoms with van der Waals surface area (Å²) in [6, 6.07) is 20.0. The summed E-state index contributed by atoms with van der Waals surface area (Å²) in [5.74, 6) is 0.858. The minimum absolute atomic E-state index is 0.145. The molecule has 1 heterocycles. The minimum atomic E-state index is -0.326. The average Bonchev–Trinajstić information content (AvgIpc) is 2.78. The highest BCUT2D eigenvalue weighted by Gasteiger charge is 2.20. The van der Waals surface area contributed by atoms with E-state index in [1.807, 2.05) is 55.6 Å². The number of piperazine rings is 1. The fraction of sp³-hybridized carbons (Fsp3) is 0.435. The lowest BCUT2D eigenvalue weighted by Crippen LogP contribution is -2.49. The molecule has 0 saturated carbocycles. The number of rotatable bonds is 9. The van der Waals surface area contributed by atoms with Gasteiger partial charge in [-0.2, -0.15) is 0 Å². The molecule has 5 nitrogen and oxygen atoms in total. The Bertz CT molecular complexity index is 736. The molecule has 1 aliphatic heterocycles. The molecule has 29 heavy (non-hydrogen) atoms. The Morgan fingerprint density at radius 2 is 1.59 bits per heavy atom. The van der Waals surface area contributed by atoms with Crippen molar-refractivity contribution in [3.63, 3.8) is 0 Å². The number of benzene rings is 2. The molecule has 1 atom stereocenters. The van der Waals surface area contributed by atoms with Crippen LogP contribution in [0.25, 0.3) is 0 Å². The van der Waals surface area contributed by atoms with Crippen molar-refractivity contribution in [1.82, 2.24) is 9.80 Å². The maximum absolute atomic E-state index is 12.4. The molecule has 1 fully saturated rings. The molecule has 2 aromatic rings. The van der Waals surface area contributed by atoms with Crippen LogP contribution < -0.4 is 4.90 Å². The third-order valence-corrected chi connectivity index (χ3v) is 6.44. The first kappa shape index (κ1) is 21.8. The van der Waals surface area contributed by atoms with Gasteiger partial charge >= 0.3 is 0 Å². The fourth-order valence-electron chi connectivity index (χ4n) is 3.47. The van der Waals surface area contributed by atoms with Gasteiger partial charge in [-0.05, 0) is 24.3 Å². The van der Waals surface area contributed by atoms with E-state index in [4.69, 9.17) is 0 Å². The normalized spacial score (nSPS) is 16.5. The molecule has 2 aromatic carbocycles.